The Morgan fingerprint density at radius 3 is 2.23 bits per heavy atom. The zero-order chi connectivity index (χ0) is 10.4. The number of ether oxygens (including phenoxy) is 2. The molecule has 0 bridgehead atoms. The molecule has 0 aromatic rings. The third kappa shape index (κ3) is 4.33. The average Bonchev–Trinajstić information content (AvgIpc) is 2.11. The Bertz CT molecular complexity index is 162. The molecule has 0 aliphatic heterocycles. The quantitative estimate of drug-likeness (QED) is 0.553. The molecule has 78 valence electrons. The van der Waals surface area contributed by atoms with Gasteiger partial charge in [-0.15, -0.1) is 0 Å². The lowest BCUT2D eigenvalue weighted by molar-refractivity contribution is -0.135. The van der Waals surface area contributed by atoms with Gasteiger partial charge in [0.2, 0.25) is 6.41 Å². The number of methoxy groups -OCH3 is 2. The predicted octanol–water partition coefficient (Wildman–Crippen LogP) is -0.509. The summed E-state index contributed by atoms with van der Waals surface area (Å²) in [7, 11) is 2.84. The number of carbonyl (C=O) groups excluding carboxylic acids is 1. The van der Waals surface area contributed by atoms with Gasteiger partial charge in [0, 0.05) is 14.2 Å². The number of aliphatic hydroxyl groups excluding tert-OH is 1. The van der Waals surface area contributed by atoms with Gasteiger partial charge in [-0.25, -0.2) is 0 Å². The maximum Gasteiger partial charge on any atom is 0.213 e. The highest BCUT2D eigenvalue weighted by Gasteiger charge is 2.23. The molecule has 13 heavy (non-hydrogen) atoms. The van der Waals surface area contributed by atoms with Crippen molar-refractivity contribution in [3.8, 4) is 0 Å². The fraction of sp³-hybridized carbons (Fsp3) is 0.875. The van der Waals surface area contributed by atoms with E-state index in [9.17, 15) is 4.79 Å². The van der Waals surface area contributed by atoms with Gasteiger partial charge in [0.05, 0.1) is 12.1 Å². The Morgan fingerprint density at radius 1 is 1.38 bits per heavy atom. The van der Waals surface area contributed by atoms with Crippen molar-refractivity contribution >= 4 is 5.78 Å². The number of hydrogen-bond donors (Lipinski definition) is 2. The normalized spacial score (nSPS) is 17.9. The van der Waals surface area contributed by atoms with Gasteiger partial charge in [-0.3, -0.25) is 10.1 Å². The first kappa shape index (κ1) is 12.5. The third-order valence-electron chi connectivity index (χ3n) is 1.82. The Balaban J connectivity index is 4.17. The summed E-state index contributed by atoms with van der Waals surface area (Å²) >= 11 is 0. The number of ketones is 1. The van der Waals surface area contributed by atoms with Gasteiger partial charge in [0.15, 0.2) is 0 Å². The van der Waals surface area contributed by atoms with Gasteiger partial charge >= 0.3 is 0 Å². The van der Waals surface area contributed by atoms with E-state index < -0.39 is 12.5 Å². The summed E-state index contributed by atoms with van der Waals surface area (Å²) in [5.74, 6) is -0.106. The number of nitrogens with one attached hydrogen (secondary N) is 1. The number of carbonyl (C=O) groups is 1. The van der Waals surface area contributed by atoms with Crippen molar-refractivity contribution in [3.63, 3.8) is 0 Å². The average molecular weight is 191 g/mol. The molecule has 0 radical (unpaired) electrons. The molecule has 0 fully saturated rings. The lowest BCUT2D eigenvalue weighted by Crippen LogP contribution is -2.49. The van der Waals surface area contributed by atoms with Crippen LogP contribution in [0.1, 0.15) is 13.8 Å². The first-order valence-corrected chi connectivity index (χ1v) is 4.03. The van der Waals surface area contributed by atoms with Crippen LogP contribution in [0.3, 0.4) is 0 Å². The van der Waals surface area contributed by atoms with Crippen molar-refractivity contribution < 1.29 is 19.4 Å². The molecule has 0 spiro atoms. The fourth-order valence-corrected chi connectivity index (χ4v) is 0.941. The fourth-order valence-electron chi connectivity index (χ4n) is 0.941. The van der Waals surface area contributed by atoms with Crippen LogP contribution < -0.4 is 5.32 Å². The molecule has 5 heteroatoms. The van der Waals surface area contributed by atoms with Crippen molar-refractivity contribution in [2.45, 2.75) is 32.4 Å². The molecule has 0 aromatic heterocycles. The summed E-state index contributed by atoms with van der Waals surface area (Å²) in [5.41, 5.74) is 0. The first-order chi connectivity index (χ1) is 6.02. The highest BCUT2D eigenvalue weighted by Crippen LogP contribution is 2.00. The van der Waals surface area contributed by atoms with Crippen LogP contribution in [-0.2, 0) is 14.3 Å². The second-order valence-corrected chi connectivity index (χ2v) is 2.78. The Labute approximate surface area is 78.0 Å². The maximum absolute atomic E-state index is 11.1. The van der Waals surface area contributed by atoms with Crippen LogP contribution in [0.15, 0.2) is 0 Å². The molecule has 0 heterocycles. The van der Waals surface area contributed by atoms with Crippen LogP contribution in [0.5, 0.6) is 0 Å². The van der Waals surface area contributed by atoms with E-state index in [4.69, 9.17) is 9.84 Å². The summed E-state index contributed by atoms with van der Waals surface area (Å²) in [6.45, 7) is 3.16. The van der Waals surface area contributed by atoms with Crippen molar-refractivity contribution in [1.29, 1.82) is 0 Å². The van der Waals surface area contributed by atoms with Gasteiger partial charge in [0.1, 0.15) is 5.78 Å². The second kappa shape index (κ2) is 6.04. The lowest BCUT2D eigenvalue weighted by Gasteiger charge is -2.23. The largest absolute Gasteiger partial charge is 0.380 e. The highest BCUT2D eigenvalue weighted by atomic mass is 16.6. The van der Waals surface area contributed by atoms with Gasteiger partial charge in [-0.05, 0) is 13.8 Å². The number of Topliss-reactive ketones (excluding diaryl/α,β-unsaturated/α-hetero) is 1. The molecule has 3 atom stereocenters. The summed E-state index contributed by atoms with van der Waals surface area (Å²) in [6.07, 6.45) is -1.45. The van der Waals surface area contributed by atoms with Gasteiger partial charge < -0.3 is 14.6 Å². The maximum atomic E-state index is 11.1. The zero-order valence-corrected chi connectivity index (χ0v) is 8.40. The van der Waals surface area contributed by atoms with Gasteiger partial charge in [-0.1, -0.05) is 0 Å². The molecule has 3 unspecified atom stereocenters. The van der Waals surface area contributed by atoms with Crippen LogP contribution >= 0.6 is 0 Å². The molecule has 0 aromatic carbocycles. The van der Waals surface area contributed by atoms with Crippen LogP contribution in [0.2, 0.25) is 0 Å². The van der Waals surface area contributed by atoms with Crippen molar-refractivity contribution in [2.24, 2.45) is 0 Å². The van der Waals surface area contributed by atoms with E-state index in [2.05, 4.69) is 10.1 Å². The van der Waals surface area contributed by atoms with Gasteiger partial charge in [-0.2, -0.15) is 0 Å². The third-order valence-corrected chi connectivity index (χ3v) is 1.82. The van der Waals surface area contributed by atoms with Gasteiger partial charge in [0.25, 0.3) is 0 Å². The second-order valence-electron chi connectivity index (χ2n) is 2.78. The first-order valence-electron chi connectivity index (χ1n) is 4.03. The molecular formula is C8H17NO4. The van der Waals surface area contributed by atoms with E-state index in [0.717, 1.165) is 0 Å². The molecule has 0 aliphatic rings. The lowest BCUT2D eigenvalue weighted by atomic mass is 10.1. The number of rotatable bonds is 6. The summed E-state index contributed by atoms with van der Waals surface area (Å²) in [4.78, 5) is 11.1. The SMILES string of the molecule is COC(O)NC(C(C)=O)C(C)OC. The number of aliphatic hydroxyl groups is 1. The Morgan fingerprint density at radius 2 is 1.92 bits per heavy atom. The minimum absolute atomic E-state index is 0.106. The highest BCUT2D eigenvalue weighted by molar-refractivity contribution is 5.82. The smallest absolute Gasteiger partial charge is 0.213 e. The monoisotopic (exact) mass is 191 g/mol. The Kier molecular flexibility index (Phi) is 5.81. The van der Waals surface area contributed by atoms with Crippen molar-refractivity contribution in [1.82, 2.24) is 5.32 Å². The summed E-state index contributed by atoms with van der Waals surface area (Å²) < 4.78 is 9.53. The van der Waals surface area contributed by atoms with E-state index in [1.807, 2.05) is 0 Å². The van der Waals surface area contributed by atoms with Crippen LogP contribution in [0, 0.1) is 0 Å². The van der Waals surface area contributed by atoms with Crippen molar-refractivity contribution in [3.05, 3.63) is 0 Å². The number of hydrogen-bond acceptors (Lipinski definition) is 5. The topological polar surface area (TPSA) is 67.8 Å². The summed E-state index contributed by atoms with van der Waals surface area (Å²) in [6, 6.07) is -0.556. The van der Waals surface area contributed by atoms with Crippen LogP contribution in [0.4, 0.5) is 0 Å². The van der Waals surface area contributed by atoms with E-state index in [0.29, 0.717) is 0 Å². The van der Waals surface area contributed by atoms with E-state index in [-0.39, 0.29) is 11.9 Å². The summed E-state index contributed by atoms with van der Waals surface area (Å²) in [5, 5.41) is 11.7. The molecular weight excluding hydrogens is 174 g/mol. The molecule has 0 aliphatic carbocycles. The molecule has 2 N–H and O–H groups in total. The van der Waals surface area contributed by atoms with Crippen molar-refractivity contribution in [2.75, 3.05) is 14.2 Å². The van der Waals surface area contributed by atoms with E-state index in [1.54, 1.807) is 6.92 Å². The molecule has 5 nitrogen and oxygen atoms in total. The molecule has 0 rings (SSSR count). The van der Waals surface area contributed by atoms with Crippen LogP contribution in [0.25, 0.3) is 0 Å². The Hall–Kier alpha value is -0.490. The minimum atomic E-state index is -1.15. The zero-order valence-electron chi connectivity index (χ0n) is 8.40. The molecule has 0 saturated carbocycles. The molecule has 0 amide bonds. The predicted molar refractivity (Wildman–Crippen MR) is 47.1 cm³/mol. The van der Waals surface area contributed by atoms with Crippen LogP contribution in [-0.4, -0.2) is 43.7 Å². The van der Waals surface area contributed by atoms with E-state index >= 15 is 0 Å². The van der Waals surface area contributed by atoms with E-state index in [1.165, 1.54) is 21.1 Å². The molecule has 0 saturated heterocycles. The minimum Gasteiger partial charge on any atom is -0.380 e. The standard InChI is InChI=1S/C8H17NO4/c1-5(10)7(6(2)12-3)9-8(11)13-4/h6-9,11H,1-4H3.